The van der Waals surface area contributed by atoms with Gasteiger partial charge in [-0.1, -0.05) is 63.9 Å². The van der Waals surface area contributed by atoms with Gasteiger partial charge in [0.2, 0.25) is 0 Å². The molecule has 0 saturated heterocycles. The second-order valence-corrected chi connectivity index (χ2v) is 4.98. The van der Waals surface area contributed by atoms with Gasteiger partial charge in [-0.2, -0.15) is 0 Å². The molecule has 0 amide bonds. The molecule has 88 valence electrons. The van der Waals surface area contributed by atoms with E-state index in [0.29, 0.717) is 5.02 Å². The maximum absolute atomic E-state index is 6.24. The van der Waals surface area contributed by atoms with E-state index in [1.807, 2.05) is 36.4 Å². The SMILES string of the molecule is COc1ccc(C(Br)c2ccccc2)c(Cl)c1. The van der Waals surface area contributed by atoms with E-state index in [1.54, 1.807) is 7.11 Å². The largest absolute Gasteiger partial charge is 0.497 e. The summed E-state index contributed by atoms with van der Waals surface area (Å²) in [5.41, 5.74) is 2.22. The van der Waals surface area contributed by atoms with Crippen LogP contribution in [0.4, 0.5) is 0 Å². The first-order valence-electron chi connectivity index (χ1n) is 5.25. The average molecular weight is 312 g/mol. The lowest BCUT2D eigenvalue weighted by molar-refractivity contribution is 0.414. The van der Waals surface area contributed by atoms with Crippen molar-refractivity contribution in [3.63, 3.8) is 0 Å². The molecule has 0 fully saturated rings. The fraction of sp³-hybridized carbons (Fsp3) is 0.143. The minimum absolute atomic E-state index is 0.0992. The third kappa shape index (κ3) is 2.82. The Balaban J connectivity index is 2.34. The number of alkyl halides is 1. The van der Waals surface area contributed by atoms with E-state index in [2.05, 4.69) is 28.1 Å². The summed E-state index contributed by atoms with van der Waals surface area (Å²) in [6.45, 7) is 0. The van der Waals surface area contributed by atoms with Crippen LogP contribution in [0.25, 0.3) is 0 Å². The Hall–Kier alpha value is -0.990. The van der Waals surface area contributed by atoms with Crippen LogP contribution in [0, 0.1) is 0 Å². The van der Waals surface area contributed by atoms with E-state index in [-0.39, 0.29) is 4.83 Å². The van der Waals surface area contributed by atoms with Crippen LogP contribution in [0.3, 0.4) is 0 Å². The molecular weight excluding hydrogens is 300 g/mol. The molecule has 0 aliphatic heterocycles. The predicted molar refractivity (Wildman–Crippen MR) is 75.2 cm³/mol. The van der Waals surface area contributed by atoms with Crippen LogP contribution in [0.5, 0.6) is 5.75 Å². The van der Waals surface area contributed by atoms with Gasteiger partial charge in [-0.05, 0) is 23.3 Å². The Kier molecular flexibility index (Phi) is 4.08. The van der Waals surface area contributed by atoms with E-state index >= 15 is 0 Å². The summed E-state index contributed by atoms with van der Waals surface area (Å²) < 4.78 is 5.14. The summed E-state index contributed by atoms with van der Waals surface area (Å²) in [6.07, 6.45) is 0. The average Bonchev–Trinajstić information content (AvgIpc) is 2.39. The monoisotopic (exact) mass is 310 g/mol. The van der Waals surface area contributed by atoms with Crippen LogP contribution >= 0.6 is 27.5 Å². The summed E-state index contributed by atoms with van der Waals surface area (Å²) in [6, 6.07) is 15.9. The molecule has 0 saturated carbocycles. The van der Waals surface area contributed by atoms with Gasteiger partial charge < -0.3 is 4.74 Å². The van der Waals surface area contributed by atoms with Gasteiger partial charge in [0.05, 0.1) is 11.9 Å². The summed E-state index contributed by atoms with van der Waals surface area (Å²) in [7, 11) is 1.63. The number of benzene rings is 2. The van der Waals surface area contributed by atoms with Crippen LogP contribution in [0.15, 0.2) is 48.5 Å². The van der Waals surface area contributed by atoms with Crippen molar-refractivity contribution in [2.45, 2.75) is 4.83 Å². The molecule has 3 heteroatoms. The highest BCUT2D eigenvalue weighted by Crippen LogP contribution is 2.36. The Morgan fingerprint density at radius 1 is 1.12 bits per heavy atom. The molecule has 1 unspecified atom stereocenters. The molecule has 0 aliphatic carbocycles. The van der Waals surface area contributed by atoms with Crippen molar-refractivity contribution in [3.05, 3.63) is 64.7 Å². The lowest BCUT2D eigenvalue weighted by Gasteiger charge is -2.13. The molecule has 0 spiro atoms. The highest BCUT2D eigenvalue weighted by atomic mass is 79.9. The summed E-state index contributed by atoms with van der Waals surface area (Å²) in [4.78, 5) is 0.0992. The number of hydrogen-bond donors (Lipinski definition) is 0. The first-order chi connectivity index (χ1) is 8.22. The van der Waals surface area contributed by atoms with Crippen molar-refractivity contribution in [3.8, 4) is 5.75 Å². The van der Waals surface area contributed by atoms with Gasteiger partial charge in [0.25, 0.3) is 0 Å². The van der Waals surface area contributed by atoms with Gasteiger partial charge in [0.15, 0.2) is 0 Å². The second kappa shape index (κ2) is 5.56. The van der Waals surface area contributed by atoms with Gasteiger partial charge in [-0.15, -0.1) is 0 Å². The van der Waals surface area contributed by atoms with Crippen LogP contribution in [0.1, 0.15) is 16.0 Å². The molecule has 2 aromatic carbocycles. The second-order valence-electron chi connectivity index (χ2n) is 3.66. The quantitative estimate of drug-likeness (QED) is 0.738. The Morgan fingerprint density at radius 2 is 1.82 bits per heavy atom. The van der Waals surface area contributed by atoms with Crippen molar-refractivity contribution in [1.82, 2.24) is 0 Å². The molecule has 2 aromatic rings. The van der Waals surface area contributed by atoms with Gasteiger partial charge >= 0.3 is 0 Å². The zero-order chi connectivity index (χ0) is 12.3. The molecule has 2 rings (SSSR count). The van der Waals surface area contributed by atoms with Crippen LogP contribution in [-0.4, -0.2) is 7.11 Å². The van der Waals surface area contributed by atoms with Crippen molar-refractivity contribution in [1.29, 1.82) is 0 Å². The van der Waals surface area contributed by atoms with Gasteiger partial charge in [-0.3, -0.25) is 0 Å². The lowest BCUT2D eigenvalue weighted by Crippen LogP contribution is -1.94. The van der Waals surface area contributed by atoms with Crippen LogP contribution in [-0.2, 0) is 0 Å². The third-order valence-electron chi connectivity index (χ3n) is 2.57. The van der Waals surface area contributed by atoms with E-state index in [4.69, 9.17) is 16.3 Å². The number of ether oxygens (including phenoxy) is 1. The molecule has 0 N–H and O–H groups in total. The van der Waals surface area contributed by atoms with E-state index in [1.165, 1.54) is 5.56 Å². The number of halogens is 2. The molecule has 0 aliphatic rings. The standard InChI is InChI=1S/C14H12BrClO/c1-17-11-7-8-12(13(16)9-11)14(15)10-5-3-2-4-6-10/h2-9,14H,1H3. The number of rotatable bonds is 3. The predicted octanol–water partition coefficient (Wildman–Crippen LogP) is 4.83. The smallest absolute Gasteiger partial charge is 0.120 e. The zero-order valence-electron chi connectivity index (χ0n) is 9.36. The Labute approximate surface area is 115 Å². The van der Waals surface area contributed by atoms with Crippen molar-refractivity contribution < 1.29 is 4.74 Å². The van der Waals surface area contributed by atoms with Gasteiger partial charge in [0, 0.05) is 5.02 Å². The molecule has 0 aromatic heterocycles. The lowest BCUT2D eigenvalue weighted by atomic mass is 10.0. The highest BCUT2D eigenvalue weighted by molar-refractivity contribution is 9.09. The molecule has 1 nitrogen and oxygen atoms in total. The molecule has 0 bridgehead atoms. The first-order valence-corrected chi connectivity index (χ1v) is 6.54. The van der Waals surface area contributed by atoms with Crippen molar-refractivity contribution >= 4 is 27.5 Å². The zero-order valence-corrected chi connectivity index (χ0v) is 11.7. The Bertz CT molecular complexity index is 499. The normalized spacial score (nSPS) is 12.2. The fourth-order valence-corrected chi connectivity index (χ4v) is 2.76. The molecule has 1 atom stereocenters. The van der Waals surface area contributed by atoms with Gasteiger partial charge in [-0.25, -0.2) is 0 Å². The number of hydrogen-bond acceptors (Lipinski definition) is 1. The molecule has 0 radical (unpaired) electrons. The highest BCUT2D eigenvalue weighted by Gasteiger charge is 2.13. The third-order valence-corrected chi connectivity index (χ3v) is 3.92. The molecule has 17 heavy (non-hydrogen) atoms. The summed E-state index contributed by atoms with van der Waals surface area (Å²) in [5, 5.41) is 0.704. The van der Waals surface area contributed by atoms with Gasteiger partial charge in [0.1, 0.15) is 5.75 Å². The van der Waals surface area contributed by atoms with E-state index in [0.717, 1.165) is 11.3 Å². The molecular formula is C14H12BrClO. The Morgan fingerprint density at radius 3 is 2.41 bits per heavy atom. The van der Waals surface area contributed by atoms with Crippen LogP contribution < -0.4 is 4.74 Å². The first kappa shape index (κ1) is 12.5. The fourth-order valence-electron chi connectivity index (χ4n) is 1.64. The molecule has 0 heterocycles. The topological polar surface area (TPSA) is 9.23 Å². The summed E-state index contributed by atoms with van der Waals surface area (Å²) in [5.74, 6) is 0.770. The maximum atomic E-state index is 6.24. The minimum Gasteiger partial charge on any atom is -0.497 e. The maximum Gasteiger partial charge on any atom is 0.120 e. The van der Waals surface area contributed by atoms with Crippen molar-refractivity contribution in [2.75, 3.05) is 7.11 Å². The van der Waals surface area contributed by atoms with E-state index < -0.39 is 0 Å². The van der Waals surface area contributed by atoms with Crippen LogP contribution in [0.2, 0.25) is 5.02 Å². The van der Waals surface area contributed by atoms with E-state index in [9.17, 15) is 0 Å². The number of methoxy groups -OCH3 is 1. The van der Waals surface area contributed by atoms with Crippen molar-refractivity contribution in [2.24, 2.45) is 0 Å². The minimum atomic E-state index is 0.0992. The summed E-state index contributed by atoms with van der Waals surface area (Å²) >= 11 is 9.91.